The van der Waals surface area contributed by atoms with Gasteiger partial charge in [0.15, 0.2) is 0 Å². The van der Waals surface area contributed by atoms with Crippen LogP contribution in [0, 0.1) is 5.92 Å². The largest absolute Gasteiger partial charge is 0.460 e. The van der Waals surface area contributed by atoms with Crippen molar-refractivity contribution in [3.05, 3.63) is 34.9 Å². The van der Waals surface area contributed by atoms with Crippen molar-refractivity contribution in [1.82, 2.24) is 10.5 Å². The summed E-state index contributed by atoms with van der Waals surface area (Å²) in [7, 11) is 0. The molecular weight excluding hydrogens is 358 g/mol. The quantitative estimate of drug-likeness (QED) is 0.452. The van der Waals surface area contributed by atoms with Gasteiger partial charge in [0.25, 0.3) is 5.78 Å². The number of halogens is 1. The van der Waals surface area contributed by atoms with Gasteiger partial charge in [-0.05, 0) is 44.3 Å². The molecule has 0 aliphatic carbocycles. The van der Waals surface area contributed by atoms with Crippen LogP contribution in [-0.4, -0.2) is 36.6 Å². The highest BCUT2D eigenvalue weighted by molar-refractivity contribution is 6.43. The topological polar surface area (TPSA) is 107 Å². The van der Waals surface area contributed by atoms with Crippen molar-refractivity contribution in [3.8, 4) is 11.3 Å². The summed E-state index contributed by atoms with van der Waals surface area (Å²) < 4.78 is 10.0. The third kappa shape index (κ3) is 4.05. The van der Waals surface area contributed by atoms with E-state index >= 15 is 0 Å². The molecule has 0 bridgehead atoms. The highest BCUT2D eigenvalue weighted by Gasteiger charge is 2.29. The first kappa shape index (κ1) is 18.4. The van der Waals surface area contributed by atoms with E-state index in [-0.39, 0.29) is 23.7 Å². The fraction of sp³-hybridized carbons (Fsp3) is 0.389. The van der Waals surface area contributed by atoms with Crippen molar-refractivity contribution >= 4 is 29.2 Å². The van der Waals surface area contributed by atoms with Crippen LogP contribution in [-0.2, 0) is 9.53 Å². The molecule has 138 valence electrons. The lowest BCUT2D eigenvalue weighted by Crippen LogP contribution is -2.29. The SMILES string of the molecule is Nc1onc(-c2ccccc2Cl)c1C(=O)C(=O)OCCC1CCNCC1. The van der Waals surface area contributed by atoms with E-state index < -0.39 is 11.8 Å². The Morgan fingerprint density at radius 3 is 2.77 bits per heavy atom. The summed E-state index contributed by atoms with van der Waals surface area (Å²) in [5, 5.41) is 7.43. The van der Waals surface area contributed by atoms with E-state index in [2.05, 4.69) is 10.5 Å². The number of aromatic nitrogens is 1. The van der Waals surface area contributed by atoms with E-state index in [1.165, 1.54) is 0 Å². The molecule has 0 amide bonds. The van der Waals surface area contributed by atoms with Crippen molar-refractivity contribution in [2.24, 2.45) is 5.92 Å². The van der Waals surface area contributed by atoms with Crippen LogP contribution < -0.4 is 11.1 Å². The number of carbonyl (C=O) groups is 2. The first-order valence-electron chi connectivity index (χ1n) is 8.50. The van der Waals surface area contributed by atoms with Crippen molar-refractivity contribution in [1.29, 1.82) is 0 Å². The molecule has 2 aromatic rings. The number of ether oxygens (including phenoxy) is 1. The van der Waals surface area contributed by atoms with Gasteiger partial charge < -0.3 is 20.3 Å². The Bertz CT molecular complexity index is 799. The summed E-state index contributed by atoms with van der Waals surface area (Å²) in [6, 6.07) is 6.79. The minimum absolute atomic E-state index is 0.120. The molecule has 0 saturated carbocycles. The van der Waals surface area contributed by atoms with Crippen LogP contribution in [0.25, 0.3) is 11.3 Å². The number of nitrogens with two attached hydrogens (primary N) is 1. The van der Waals surface area contributed by atoms with Crippen molar-refractivity contribution < 1.29 is 18.8 Å². The monoisotopic (exact) mass is 377 g/mol. The molecule has 0 unspecified atom stereocenters. The van der Waals surface area contributed by atoms with Crippen LogP contribution in [0.3, 0.4) is 0 Å². The van der Waals surface area contributed by atoms with Gasteiger partial charge in [-0.3, -0.25) is 4.79 Å². The zero-order valence-electron chi connectivity index (χ0n) is 14.2. The van der Waals surface area contributed by atoms with Gasteiger partial charge in [0, 0.05) is 5.56 Å². The number of rotatable bonds is 6. The molecule has 1 aromatic heterocycles. The maximum absolute atomic E-state index is 12.5. The summed E-state index contributed by atoms with van der Waals surface area (Å²) in [5.74, 6) is -1.59. The van der Waals surface area contributed by atoms with Gasteiger partial charge in [-0.2, -0.15) is 0 Å². The number of ketones is 1. The molecule has 8 heteroatoms. The van der Waals surface area contributed by atoms with Gasteiger partial charge in [0.2, 0.25) is 5.88 Å². The molecule has 1 aromatic carbocycles. The smallest absolute Gasteiger partial charge is 0.379 e. The maximum atomic E-state index is 12.5. The number of nitrogen functional groups attached to an aromatic ring is 1. The van der Waals surface area contributed by atoms with Gasteiger partial charge in [0.05, 0.1) is 11.6 Å². The van der Waals surface area contributed by atoms with Crippen LogP contribution in [0.15, 0.2) is 28.8 Å². The maximum Gasteiger partial charge on any atom is 0.379 e. The molecule has 1 saturated heterocycles. The summed E-state index contributed by atoms with van der Waals surface area (Å²) in [6.45, 7) is 2.13. The molecule has 3 rings (SSSR count). The molecule has 26 heavy (non-hydrogen) atoms. The normalized spacial score (nSPS) is 15.0. The fourth-order valence-electron chi connectivity index (χ4n) is 3.02. The summed E-state index contributed by atoms with van der Waals surface area (Å²) in [4.78, 5) is 24.7. The van der Waals surface area contributed by atoms with Crippen LogP contribution >= 0.6 is 11.6 Å². The van der Waals surface area contributed by atoms with E-state index in [9.17, 15) is 9.59 Å². The summed E-state index contributed by atoms with van der Waals surface area (Å²) >= 11 is 6.14. The average molecular weight is 378 g/mol. The Morgan fingerprint density at radius 2 is 2.04 bits per heavy atom. The van der Waals surface area contributed by atoms with E-state index in [0.717, 1.165) is 32.4 Å². The minimum Gasteiger partial charge on any atom is -0.460 e. The van der Waals surface area contributed by atoms with Crippen molar-refractivity contribution in [2.75, 3.05) is 25.4 Å². The molecule has 3 N–H and O–H groups in total. The second kappa shape index (κ2) is 8.33. The molecule has 1 fully saturated rings. The lowest BCUT2D eigenvalue weighted by atomic mass is 9.95. The fourth-order valence-corrected chi connectivity index (χ4v) is 3.24. The van der Waals surface area contributed by atoms with Gasteiger partial charge in [0.1, 0.15) is 11.3 Å². The second-order valence-electron chi connectivity index (χ2n) is 6.20. The predicted octanol–water partition coefficient (Wildman–Crippen LogP) is 2.69. The van der Waals surface area contributed by atoms with Crippen molar-refractivity contribution in [3.63, 3.8) is 0 Å². The van der Waals surface area contributed by atoms with Crippen molar-refractivity contribution in [2.45, 2.75) is 19.3 Å². The number of carbonyl (C=O) groups excluding carboxylic acids is 2. The third-order valence-electron chi connectivity index (χ3n) is 4.48. The molecule has 0 radical (unpaired) electrons. The number of nitrogens with zero attached hydrogens (tertiary/aromatic N) is 1. The van der Waals surface area contributed by atoms with Crippen LogP contribution in [0.2, 0.25) is 5.02 Å². The van der Waals surface area contributed by atoms with Gasteiger partial charge in [-0.15, -0.1) is 0 Å². The number of esters is 1. The zero-order chi connectivity index (χ0) is 18.5. The summed E-state index contributed by atoms with van der Waals surface area (Å²) in [5.41, 5.74) is 6.18. The first-order chi connectivity index (χ1) is 12.6. The molecule has 1 aliphatic heterocycles. The zero-order valence-corrected chi connectivity index (χ0v) is 14.9. The molecule has 7 nitrogen and oxygen atoms in total. The Morgan fingerprint density at radius 1 is 1.31 bits per heavy atom. The molecular formula is C18H20ClN3O4. The number of Topliss-reactive ketones (excluding diaryl/α,β-unsaturated/α-hetero) is 1. The van der Waals surface area contributed by atoms with Crippen LogP contribution in [0.5, 0.6) is 0 Å². The van der Waals surface area contributed by atoms with E-state index in [1.54, 1.807) is 24.3 Å². The average Bonchev–Trinajstić information content (AvgIpc) is 3.03. The Balaban J connectivity index is 1.68. The number of nitrogens with one attached hydrogen (secondary N) is 1. The van der Waals surface area contributed by atoms with Crippen LogP contribution in [0.4, 0.5) is 5.88 Å². The standard InChI is InChI=1S/C18H20ClN3O4/c19-13-4-2-1-3-12(13)15-14(17(20)26-22-15)16(23)18(24)25-10-7-11-5-8-21-9-6-11/h1-4,11,21H,5-10,20H2. The van der Waals surface area contributed by atoms with E-state index in [4.69, 9.17) is 26.6 Å². The minimum atomic E-state index is -0.970. The third-order valence-corrected chi connectivity index (χ3v) is 4.81. The van der Waals surface area contributed by atoms with Gasteiger partial charge in [-0.1, -0.05) is 35.0 Å². The number of anilines is 1. The Labute approximate surface area is 155 Å². The highest BCUT2D eigenvalue weighted by Crippen LogP contribution is 2.32. The number of hydrogen-bond acceptors (Lipinski definition) is 7. The number of hydrogen-bond donors (Lipinski definition) is 2. The van der Waals surface area contributed by atoms with E-state index in [0.29, 0.717) is 16.5 Å². The second-order valence-corrected chi connectivity index (χ2v) is 6.60. The Kier molecular flexibility index (Phi) is 5.90. The molecule has 1 aliphatic rings. The van der Waals surface area contributed by atoms with E-state index in [1.807, 2.05) is 0 Å². The molecule has 0 spiro atoms. The first-order valence-corrected chi connectivity index (χ1v) is 8.88. The lowest BCUT2D eigenvalue weighted by Gasteiger charge is -2.22. The Hall–Kier alpha value is -2.38. The van der Waals surface area contributed by atoms with Gasteiger partial charge in [-0.25, -0.2) is 4.79 Å². The summed E-state index contributed by atoms with van der Waals surface area (Å²) in [6.07, 6.45) is 2.82. The number of benzene rings is 1. The lowest BCUT2D eigenvalue weighted by molar-refractivity contribution is -0.138. The molecule has 0 atom stereocenters. The number of piperidine rings is 1. The van der Waals surface area contributed by atoms with Gasteiger partial charge >= 0.3 is 5.97 Å². The predicted molar refractivity (Wildman–Crippen MR) is 96.9 cm³/mol. The van der Waals surface area contributed by atoms with Crippen LogP contribution in [0.1, 0.15) is 29.6 Å². The molecule has 2 heterocycles. The highest BCUT2D eigenvalue weighted by atomic mass is 35.5.